The van der Waals surface area contributed by atoms with E-state index in [9.17, 15) is 0 Å². The largest absolute Gasteiger partial charge is 0.396 e. The lowest BCUT2D eigenvalue weighted by Crippen LogP contribution is -1.92. The van der Waals surface area contributed by atoms with Crippen LogP contribution in [0.25, 0.3) is 6.08 Å². The first-order valence-corrected chi connectivity index (χ1v) is 5.92. The molecule has 1 rings (SSSR count). The van der Waals surface area contributed by atoms with Crippen LogP contribution in [0.3, 0.4) is 0 Å². The zero-order valence-electron chi connectivity index (χ0n) is 9.20. The molecule has 0 saturated carbocycles. The number of hydrogen-bond acceptors (Lipinski definition) is 2. The summed E-state index contributed by atoms with van der Waals surface area (Å²) in [5, 5.41) is 13.0. The van der Waals surface area contributed by atoms with Crippen molar-refractivity contribution >= 4 is 22.0 Å². The smallest absolute Gasteiger partial charge is 0.0992 e. The average Bonchev–Trinajstić information content (AvgIpc) is 2.46. The van der Waals surface area contributed by atoms with E-state index in [2.05, 4.69) is 27.1 Å². The van der Waals surface area contributed by atoms with Gasteiger partial charge in [0.15, 0.2) is 0 Å². The average molecular weight is 273 g/mol. The van der Waals surface area contributed by atoms with Crippen LogP contribution in [0.4, 0.5) is 0 Å². The van der Waals surface area contributed by atoms with Crippen molar-refractivity contribution in [3.05, 3.63) is 21.9 Å². The van der Waals surface area contributed by atoms with Crippen molar-refractivity contribution in [2.24, 2.45) is 7.05 Å². The molecule has 0 saturated heterocycles. The molecule has 0 amide bonds. The molecule has 0 atom stereocenters. The van der Waals surface area contributed by atoms with Crippen molar-refractivity contribution in [1.82, 2.24) is 9.78 Å². The van der Waals surface area contributed by atoms with Crippen molar-refractivity contribution in [2.45, 2.75) is 26.2 Å². The van der Waals surface area contributed by atoms with Gasteiger partial charge in [-0.2, -0.15) is 5.10 Å². The molecule has 0 aliphatic rings. The Kier molecular flexibility index (Phi) is 5.05. The van der Waals surface area contributed by atoms with Crippen molar-refractivity contribution in [2.75, 3.05) is 6.61 Å². The molecule has 0 spiro atoms. The van der Waals surface area contributed by atoms with Crippen LogP contribution in [0.2, 0.25) is 0 Å². The Morgan fingerprint density at radius 2 is 2.20 bits per heavy atom. The maximum absolute atomic E-state index is 8.62. The van der Waals surface area contributed by atoms with Crippen LogP contribution in [0.15, 0.2) is 10.5 Å². The highest BCUT2D eigenvalue weighted by Gasteiger charge is 2.06. The lowest BCUT2D eigenvalue weighted by atomic mass is 10.2. The van der Waals surface area contributed by atoms with Gasteiger partial charge in [-0.3, -0.25) is 4.68 Å². The van der Waals surface area contributed by atoms with Crippen LogP contribution in [-0.4, -0.2) is 21.5 Å². The molecule has 15 heavy (non-hydrogen) atoms. The Bertz CT molecular complexity index is 345. The molecule has 1 aromatic rings. The molecule has 0 fully saturated rings. The van der Waals surface area contributed by atoms with Crippen LogP contribution in [0.1, 0.15) is 30.7 Å². The number of aliphatic hydroxyl groups excluding tert-OH is 1. The molecule has 0 unspecified atom stereocenters. The number of rotatable bonds is 5. The second kappa shape index (κ2) is 6.08. The van der Waals surface area contributed by atoms with E-state index in [4.69, 9.17) is 5.11 Å². The minimum absolute atomic E-state index is 0.278. The van der Waals surface area contributed by atoms with E-state index in [1.807, 2.05) is 24.7 Å². The summed E-state index contributed by atoms with van der Waals surface area (Å²) in [5.74, 6) is 0. The van der Waals surface area contributed by atoms with E-state index in [0.717, 1.165) is 35.1 Å². The van der Waals surface area contributed by atoms with Crippen molar-refractivity contribution in [3.63, 3.8) is 0 Å². The summed E-state index contributed by atoms with van der Waals surface area (Å²) in [6, 6.07) is 0. The molecule has 1 heterocycles. The second-order valence-corrected chi connectivity index (χ2v) is 4.32. The maximum Gasteiger partial charge on any atom is 0.0992 e. The molecule has 84 valence electrons. The first kappa shape index (κ1) is 12.5. The quantitative estimate of drug-likeness (QED) is 0.837. The number of halogens is 1. The molecular weight excluding hydrogens is 256 g/mol. The molecule has 0 aliphatic heterocycles. The second-order valence-electron chi connectivity index (χ2n) is 3.53. The van der Waals surface area contributed by atoms with Crippen LogP contribution in [0.5, 0.6) is 0 Å². The number of nitrogens with zero attached hydrogens (tertiary/aromatic N) is 2. The Hall–Kier alpha value is -0.610. The van der Waals surface area contributed by atoms with E-state index in [-0.39, 0.29) is 6.61 Å². The fraction of sp³-hybridized carbons (Fsp3) is 0.545. The molecular formula is C11H17BrN2O. The van der Waals surface area contributed by atoms with Gasteiger partial charge in [0.2, 0.25) is 0 Å². The third-order valence-electron chi connectivity index (χ3n) is 2.34. The maximum atomic E-state index is 8.62. The fourth-order valence-corrected chi connectivity index (χ4v) is 1.75. The molecule has 1 aromatic heterocycles. The van der Waals surface area contributed by atoms with Crippen LogP contribution >= 0.6 is 15.9 Å². The molecule has 4 heteroatoms. The summed E-state index contributed by atoms with van der Waals surface area (Å²) >= 11 is 3.51. The van der Waals surface area contributed by atoms with Gasteiger partial charge in [0.1, 0.15) is 0 Å². The van der Waals surface area contributed by atoms with Crippen LogP contribution in [-0.2, 0) is 7.05 Å². The summed E-state index contributed by atoms with van der Waals surface area (Å²) in [6.45, 7) is 2.31. The molecule has 0 aliphatic carbocycles. The zero-order chi connectivity index (χ0) is 11.3. The number of hydrogen-bond donors (Lipinski definition) is 1. The Labute approximate surface area is 98.9 Å². The minimum atomic E-state index is 0.278. The predicted molar refractivity (Wildman–Crippen MR) is 65.6 cm³/mol. The van der Waals surface area contributed by atoms with Crippen LogP contribution in [0, 0.1) is 6.92 Å². The number of aliphatic hydroxyl groups is 1. The van der Waals surface area contributed by atoms with Gasteiger partial charge in [-0.1, -0.05) is 6.08 Å². The topological polar surface area (TPSA) is 38.1 Å². The lowest BCUT2D eigenvalue weighted by Gasteiger charge is -1.91. The van der Waals surface area contributed by atoms with E-state index >= 15 is 0 Å². The van der Waals surface area contributed by atoms with Gasteiger partial charge in [0.25, 0.3) is 0 Å². The van der Waals surface area contributed by atoms with Gasteiger partial charge in [-0.05, 0) is 48.2 Å². The Balaban J connectivity index is 2.53. The summed E-state index contributed by atoms with van der Waals surface area (Å²) in [4.78, 5) is 0. The SMILES string of the molecule is Cc1c(Br)c(C=CCCCCO)nn1C. The Morgan fingerprint density at radius 3 is 2.73 bits per heavy atom. The first-order valence-electron chi connectivity index (χ1n) is 5.13. The molecule has 0 radical (unpaired) electrons. The summed E-state index contributed by atoms with van der Waals surface area (Å²) in [6.07, 6.45) is 7.00. The van der Waals surface area contributed by atoms with Crippen LogP contribution < -0.4 is 0 Å². The third-order valence-corrected chi connectivity index (χ3v) is 3.32. The van der Waals surface area contributed by atoms with Crippen molar-refractivity contribution in [1.29, 1.82) is 0 Å². The summed E-state index contributed by atoms with van der Waals surface area (Å²) in [7, 11) is 1.93. The van der Waals surface area contributed by atoms with E-state index in [1.165, 1.54) is 0 Å². The lowest BCUT2D eigenvalue weighted by molar-refractivity contribution is 0.285. The standard InChI is InChI=1S/C11H17BrN2O/c1-9-11(12)10(13-14(9)2)7-5-3-4-6-8-15/h5,7,15H,3-4,6,8H2,1-2H3. The van der Waals surface area contributed by atoms with E-state index in [0.29, 0.717) is 0 Å². The van der Waals surface area contributed by atoms with Crippen molar-refractivity contribution in [3.8, 4) is 0 Å². The fourth-order valence-electron chi connectivity index (χ4n) is 1.28. The van der Waals surface area contributed by atoms with Gasteiger partial charge in [0.05, 0.1) is 10.2 Å². The first-order chi connectivity index (χ1) is 7.16. The Morgan fingerprint density at radius 1 is 1.47 bits per heavy atom. The molecule has 1 N–H and O–H groups in total. The van der Waals surface area contributed by atoms with Crippen molar-refractivity contribution < 1.29 is 5.11 Å². The number of aromatic nitrogens is 2. The molecule has 0 aromatic carbocycles. The van der Waals surface area contributed by atoms with E-state index in [1.54, 1.807) is 0 Å². The summed E-state index contributed by atoms with van der Waals surface area (Å²) in [5.41, 5.74) is 2.10. The predicted octanol–water partition coefficient (Wildman–Crippen LogP) is 2.67. The number of allylic oxidation sites excluding steroid dienone is 1. The number of aryl methyl sites for hydroxylation is 1. The normalized spacial score (nSPS) is 11.5. The van der Waals surface area contributed by atoms with Gasteiger partial charge < -0.3 is 5.11 Å². The number of unbranched alkanes of at least 4 members (excludes halogenated alkanes) is 2. The molecule has 0 bridgehead atoms. The van der Waals surface area contributed by atoms with Gasteiger partial charge >= 0.3 is 0 Å². The highest BCUT2D eigenvalue weighted by atomic mass is 79.9. The molecule has 3 nitrogen and oxygen atoms in total. The van der Waals surface area contributed by atoms with Gasteiger partial charge in [-0.15, -0.1) is 0 Å². The minimum Gasteiger partial charge on any atom is -0.396 e. The highest BCUT2D eigenvalue weighted by molar-refractivity contribution is 9.10. The zero-order valence-corrected chi connectivity index (χ0v) is 10.8. The van der Waals surface area contributed by atoms with E-state index < -0.39 is 0 Å². The monoisotopic (exact) mass is 272 g/mol. The van der Waals surface area contributed by atoms with Gasteiger partial charge in [0, 0.05) is 19.3 Å². The van der Waals surface area contributed by atoms with Gasteiger partial charge in [-0.25, -0.2) is 0 Å². The summed E-state index contributed by atoms with van der Waals surface area (Å²) < 4.78 is 2.92. The third kappa shape index (κ3) is 3.47. The highest BCUT2D eigenvalue weighted by Crippen LogP contribution is 2.21.